The summed E-state index contributed by atoms with van der Waals surface area (Å²) in [6.45, 7) is 4.34. The van der Waals surface area contributed by atoms with E-state index in [0.717, 1.165) is 25.9 Å². The second-order valence-electron chi connectivity index (χ2n) is 7.25. The summed E-state index contributed by atoms with van der Waals surface area (Å²) >= 11 is 0. The summed E-state index contributed by atoms with van der Waals surface area (Å²) in [7, 11) is 0. The van der Waals surface area contributed by atoms with Gasteiger partial charge in [0.05, 0.1) is 0 Å². The molecule has 2 fully saturated rings. The second kappa shape index (κ2) is 7.00. The standard InChI is InChI=1S/C20H25N3O2/c1-15-12-18(16-6-3-2-4-7-16)14-23(15)20(24)19-17(8-11-25-19)13-22-10-5-9-21-22/h2-7,9-10,15,17-19H,8,11-14H2,1H3/t15?,17-,18?,19-/m1/s1. The third kappa shape index (κ3) is 3.33. The molecule has 3 heterocycles. The number of ether oxygens (including phenoxy) is 1. The van der Waals surface area contributed by atoms with Gasteiger partial charge in [-0.05, 0) is 31.4 Å². The van der Waals surface area contributed by atoms with Gasteiger partial charge in [0.2, 0.25) is 0 Å². The molecule has 2 aromatic rings. The highest BCUT2D eigenvalue weighted by molar-refractivity contribution is 5.82. The van der Waals surface area contributed by atoms with Crippen LogP contribution in [0.3, 0.4) is 0 Å². The zero-order valence-electron chi connectivity index (χ0n) is 14.6. The maximum absolute atomic E-state index is 13.1. The van der Waals surface area contributed by atoms with E-state index in [1.54, 1.807) is 6.20 Å². The summed E-state index contributed by atoms with van der Waals surface area (Å²) in [5.74, 6) is 0.780. The van der Waals surface area contributed by atoms with E-state index >= 15 is 0 Å². The summed E-state index contributed by atoms with van der Waals surface area (Å²) < 4.78 is 7.75. The van der Waals surface area contributed by atoms with Crippen LogP contribution in [0.1, 0.15) is 31.2 Å². The molecule has 0 bridgehead atoms. The summed E-state index contributed by atoms with van der Waals surface area (Å²) in [6, 6.07) is 12.7. The fourth-order valence-electron chi connectivity index (χ4n) is 4.21. The van der Waals surface area contributed by atoms with E-state index in [2.05, 4.69) is 36.3 Å². The van der Waals surface area contributed by atoms with E-state index in [1.807, 2.05) is 27.9 Å². The maximum Gasteiger partial charge on any atom is 0.252 e. The van der Waals surface area contributed by atoms with Gasteiger partial charge < -0.3 is 9.64 Å². The van der Waals surface area contributed by atoms with Crippen molar-refractivity contribution in [1.82, 2.24) is 14.7 Å². The lowest BCUT2D eigenvalue weighted by Crippen LogP contribution is -2.44. The van der Waals surface area contributed by atoms with Gasteiger partial charge in [-0.1, -0.05) is 30.3 Å². The van der Waals surface area contributed by atoms with Crippen LogP contribution in [0.5, 0.6) is 0 Å². The fourth-order valence-corrected chi connectivity index (χ4v) is 4.21. The van der Waals surface area contributed by atoms with Crippen LogP contribution >= 0.6 is 0 Å². The first-order valence-electron chi connectivity index (χ1n) is 9.17. The molecule has 5 nitrogen and oxygen atoms in total. The molecule has 132 valence electrons. The van der Waals surface area contributed by atoms with Crippen LogP contribution < -0.4 is 0 Å². The number of hydrogen-bond acceptors (Lipinski definition) is 3. The highest BCUT2D eigenvalue weighted by Gasteiger charge is 2.41. The Morgan fingerprint density at radius 2 is 2.12 bits per heavy atom. The largest absolute Gasteiger partial charge is 0.368 e. The molecule has 25 heavy (non-hydrogen) atoms. The number of likely N-dealkylation sites (tertiary alicyclic amines) is 1. The van der Waals surface area contributed by atoms with Crippen molar-refractivity contribution < 1.29 is 9.53 Å². The minimum absolute atomic E-state index is 0.153. The van der Waals surface area contributed by atoms with Crippen molar-refractivity contribution in [3.8, 4) is 0 Å². The Balaban J connectivity index is 1.44. The maximum atomic E-state index is 13.1. The minimum Gasteiger partial charge on any atom is -0.368 e. The van der Waals surface area contributed by atoms with Crippen LogP contribution in [0, 0.1) is 5.92 Å². The Morgan fingerprint density at radius 1 is 1.28 bits per heavy atom. The Kier molecular flexibility index (Phi) is 4.57. The van der Waals surface area contributed by atoms with Gasteiger partial charge in [-0.2, -0.15) is 5.10 Å². The molecule has 1 amide bonds. The lowest BCUT2D eigenvalue weighted by atomic mass is 9.97. The number of rotatable bonds is 4. The molecule has 4 atom stereocenters. The summed E-state index contributed by atoms with van der Waals surface area (Å²) in [5.41, 5.74) is 1.32. The lowest BCUT2D eigenvalue weighted by molar-refractivity contribution is -0.143. The molecule has 2 aliphatic rings. The molecule has 5 heteroatoms. The predicted molar refractivity (Wildman–Crippen MR) is 95.0 cm³/mol. The van der Waals surface area contributed by atoms with Crippen molar-refractivity contribution in [2.45, 2.75) is 44.4 Å². The van der Waals surface area contributed by atoms with Crippen molar-refractivity contribution in [2.24, 2.45) is 5.92 Å². The van der Waals surface area contributed by atoms with Gasteiger partial charge >= 0.3 is 0 Å². The normalized spacial score (nSPS) is 29.2. The molecule has 2 aliphatic heterocycles. The lowest BCUT2D eigenvalue weighted by Gasteiger charge is -2.27. The van der Waals surface area contributed by atoms with E-state index in [9.17, 15) is 4.79 Å². The molecule has 0 radical (unpaired) electrons. The van der Waals surface area contributed by atoms with Crippen LogP contribution in [-0.2, 0) is 16.1 Å². The molecular formula is C20H25N3O2. The smallest absolute Gasteiger partial charge is 0.252 e. The van der Waals surface area contributed by atoms with Crippen LogP contribution in [0.2, 0.25) is 0 Å². The summed E-state index contributed by atoms with van der Waals surface area (Å²) in [4.78, 5) is 15.2. The zero-order valence-corrected chi connectivity index (χ0v) is 14.6. The molecule has 0 aliphatic carbocycles. The van der Waals surface area contributed by atoms with Gasteiger partial charge in [-0.15, -0.1) is 0 Å². The SMILES string of the molecule is CC1CC(c2ccccc2)CN1C(=O)[C@@H]1OCC[C@@H]1Cn1cccn1. The van der Waals surface area contributed by atoms with Crippen LogP contribution in [0.25, 0.3) is 0 Å². The topological polar surface area (TPSA) is 47.4 Å². The Morgan fingerprint density at radius 3 is 2.88 bits per heavy atom. The quantitative estimate of drug-likeness (QED) is 0.860. The summed E-state index contributed by atoms with van der Waals surface area (Å²) in [5, 5.41) is 4.27. The van der Waals surface area contributed by atoms with Crippen LogP contribution in [0.4, 0.5) is 0 Å². The average Bonchev–Trinajstić information content (AvgIpc) is 3.37. The van der Waals surface area contributed by atoms with Crippen molar-refractivity contribution in [1.29, 1.82) is 0 Å². The molecule has 0 saturated carbocycles. The van der Waals surface area contributed by atoms with E-state index in [4.69, 9.17) is 4.74 Å². The molecule has 2 unspecified atom stereocenters. The number of aromatic nitrogens is 2. The molecule has 0 spiro atoms. The van der Waals surface area contributed by atoms with E-state index < -0.39 is 0 Å². The molecule has 2 saturated heterocycles. The van der Waals surface area contributed by atoms with Crippen molar-refractivity contribution in [3.63, 3.8) is 0 Å². The summed E-state index contributed by atoms with van der Waals surface area (Å²) in [6.07, 6.45) is 5.33. The number of amides is 1. The Bertz CT molecular complexity index is 701. The van der Waals surface area contributed by atoms with Gasteiger partial charge in [0, 0.05) is 50.0 Å². The Hall–Kier alpha value is -2.14. The molecular weight excluding hydrogens is 314 g/mol. The molecule has 1 aromatic heterocycles. The number of benzene rings is 1. The monoisotopic (exact) mass is 339 g/mol. The van der Waals surface area contributed by atoms with Gasteiger partial charge in [0.15, 0.2) is 0 Å². The molecule has 0 N–H and O–H groups in total. The van der Waals surface area contributed by atoms with Gasteiger partial charge in [0.25, 0.3) is 5.91 Å². The first kappa shape index (κ1) is 16.3. The fraction of sp³-hybridized carbons (Fsp3) is 0.500. The average molecular weight is 339 g/mol. The Labute approximate surface area is 148 Å². The van der Waals surface area contributed by atoms with Gasteiger partial charge in [-0.25, -0.2) is 0 Å². The van der Waals surface area contributed by atoms with Crippen LogP contribution in [0.15, 0.2) is 48.8 Å². The number of carbonyl (C=O) groups excluding carboxylic acids is 1. The number of carbonyl (C=O) groups is 1. The van der Waals surface area contributed by atoms with Crippen LogP contribution in [-0.4, -0.2) is 45.9 Å². The third-order valence-corrected chi connectivity index (χ3v) is 5.57. The number of hydrogen-bond donors (Lipinski definition) is 0. The first-order valence-corrected chi connectivity index (χ1v) is 9.17. The van der Waals surface area contributed by atoms with Crippen molar-refractivity contribution in [3.05, 3.63) is 54.4 Å². The highest BCUT2D eigenvalue weighted by Crippen LogP contribution is 2.34. The van der Waals surface area contributed by atoms with E-state index in [1.165, 1.54) is 5.56 Å². The zero-order chi connectivity index (χ0) is 17.2. The van der Waals surface area contributed by atoms with E-state index in [0.29, 0.717) is 12.5 Å². The highest BCUT2D eigenvalue weighted by atomic mass is 16.5. The minimum atomic E-state index is -0.332. The van der Waals surface area contributed by atoms with Crippen molar-refractivity contribution in [2.75, 3.05) is 13.2 Å². The van der Waals surface area contributed by atoms with Crippen molar-refractivity contribution >= 4 is 5.91 Å². The van der Waals surface area contributed by atoms with Gasteiger partial charge in [0.1, 0.15) is 6.10 Å². The number of nitrogens with zero attached hydrogens (tertiary/aromatic N) is 3. The van der Waals surface area contributed by atoms with E-state index in [-0.39, 0.29) is 24.0 Å². The van der Waals surface area contributed by atoms with Gasteiger partial charge in [-0.3, -0.25) is 9.48 Å². The first-order chi connectivity index (χ1) is 12.2. The molecule has 1 aromatic carbocycles. The second-order valence-corrected chi connectivity index (χ2v) is 7.25. The molecule has 4 rings (SSSR count). The third-order valence-electron chi connectivity index (χ3n) is 5.57. The predicted octanol–water partition coefficient (Wildman–Crippen LogP) is 2.69.